The normalized spacial score (nSPS) is 12.4. The number of hydrogen-bond acceptors (Lipinski definition) is 3. The molecule has 22 heavy (non-hydrogen) atoms. The van der Waals surface area contributed by atoms with Gasteiger partial charge >= 0.3 is 0 Å². The first-order chi connectivity index (χ1) is 10.6. The molecule has 2 aromatic rings. The van der Waals surface area contributed by atoms with Crippen LogP contribution in [0.1, 0.15) is 12.5 Å². The third-order valence-corrected chi connectivity index (χ3v) is 3.93. The summed E-state index contributed by atoms with van der Waals surface area (Å²) in [6.07, 6.45) is 0. The predicted octanol–water partition coefficient (Wildman–Crippen LogP) is 2.66. The fourth-order valence-electron chi connectivity index (χ4n) is 2.80. The van der Waals surface area contributed by atoms with E-state index in [2.05, 4.69) is 28.4 Å². The Morgan fingerprint density at radius 2 is 2.00 bits per heavy atom. The summed E-state index contributed by atoms with van der Waals surface area (Å²) in [7, 11) is 5.40. The summed E-state index contributed by atoms with van der Waals surface area (Å²) >= 11 is 0. The highest BCUT2D eigenvalue weighted by Gasteiger charge is 2.16. The molecule has 0 saturated carbocycles. The maximum Gasteiger partial charge on any atom is 0.223 e. The van der Waals surface area contributed by atoms with Gasteiger partial charge < -0.3 is 15.0 Å². The number of fused-ring (bicyclic) bond motifs is 1. The van der Waals surface area contributed by atoms with E-state index >= 15 is 0 Å². The first-order valence-corrected chi connectivity index (χ1v) is 7.51. The standard InChI is InChI=1S/C18H24N2O2/c1-13(18(21)19-2)11-20(3)12-16-15-8-6-5-7-14(15)9-10-17(16)22-4/h5-10,13H,11-12H2,1-4H3,(H,19,21)/t13-/m1/s1. The van der Waals surface area contributed by atoms with E-state index in [0.29, 0.717) is 6.54 Å². The van der Waals surface area contributed by atoms with Gasteiger partial charge in [0.2, 0.25) is 5.91 Å². The van der Waals surface area contributed by atoms with Crippen LogP contribution in [0.5, 0.6) is 5.75 Å². The molecule has 1 amide bonds. The number of hydrogen-bond donors (Lipinski definition) is 1. The van der Waals surface area contributed by atoms with E-state index in [1.165, 1.54) is 10.8 Å². The Hall–Kier alpha value is -2.07. The van der Waals surface area contributed by atoms with Gasteiger partial charge in [-0.05, 0) is 23.9 Å². The van der Waals surface area contributed by atoms with E-state index in [1.54, 1.807) is 14.2 Å². The molecule has 0 aliphatic rings. The third kappa shape index (κ3) is 3.57. The molecule has 2 aromatic carbocycles. The highest BCUT2D eigenvalue weighted by Crippen LogP contribution is 2.29. The molecule has 4 nitrogen and oxygen atoms in total. The molecule has 4 heteroatoms. The van der Waals surface area contributed by atoms with Gasteiger partial charge in [-0.3, -0.25) is 4.79 Å². The predicted molar refractivity (Wildman–Crippen MR) is 90.1 cm³/mol. The third-order valence-electron chi connectivity index (χ3n) is 3.93. The van der Waals surface area contributed by atoms with Crippen LogP contribution in [0.4, 0.5) is 0 Å². The summed E-state index contributed by atoms with van der Waals surface area (Å²) in [5.74, 6) is 0.908. The highest BCUT2D eigenvalue weighted by molar-refractivity contribution is 5.87. The minimum Gasteiger partial charge on any atom is -0.496 e. The van der Waals surface area contributed by atoms with Gasteiger partial charge in [-0.2, -0.15) is 0 Å². The van der Waals surface area contributed by atoms with Crippen molar-refractivity contribution in [1.82, 2.24) is 10.2 Å². The van der Waals surface area contributed by atoms with Crippen LogP contribution in [0.2, 0.25) is 0 Å². The van der Waals surface area contributed by atoms with Crippen molar-refractivity contribution >= 4 is 16.7 Å². The van der Waals surface area contributed by atoms with Gasteiger partial charge in [-0.15, -0.1) is 0 Å². The van der Waals surface area contributed by atoms with Crippen LogP contribution in [0.15, 0.2) is 36.4 Å². The molecule has 118 valence electrons. The van der Waals surface area contributed by atoms with Crippen molar-refractivity contribution in [3.05, 3.63) is 42.0 Å². The second kappa shape index (κ2) is 7.27. The number of nitrogens with one attached hydrogen (secondary N) is 1. The summed E-state index contributed by atoms with van der Waals surface area (Å²) in [5, 5.41) is 5.09. The summed E-state index contributed by atoms with van der Waals surface area (Å²) in [5.41, 5.74) is 1.16. The number of rotatable bonds is 6. The van der Waals surface area contributed by atoms with Crippen molar-refractivity contribution in [2.24, 2.45) is 5.92 Å². The van der Waals surface area contributed by atoms with Gasteiger partial charge in [0.1, 0.15) is 5.75 Å². The topological polar surface area (TPSA) is 41.6 Å². The summed E-state index contributed by atoms with van der Waals surface area (Å²) in [4.78, 5) is 13.8. The van der Waals surface area contributed by atoms with Crippen LogP contribution >= 0.6 is 0 Å². The van der Waals surface area contributed by atoms with Crippen LogP contribution in [0, 0.1) is 5.92 Å². The first-order valence-electron chi connectivity index (χ1n) is 7.51. The zero-order chi connectivity index (χ0) is 16.1. The minimum absolute atomic E-state index is 0.0454. The lowest BCUT2D eigenvalue weighted by atomic mass is 10.0. The van der Waals surface area contributed by atoms with Crippen LogP contribution in [-0.4, -0.2) is 38.6 Å². The molecule has 0 fully saturated rings. The molecule has 1 atom stereocenters. The van der Waals surface area contributed by atoms with Crippen molar-refractivity contribution in [3.8, 4) is 5.75 Å². The van der Waals surface area contributed by atoms with Gasteiger partial charge in [-0.1, -0.05) is 37.3 Å². The number of carbonyl (C=O) groups excluding carboxylic acids is 1. The number of ether oxygens (including phenoxy) is 1. The Morgan fingerprint density at radius 3 is 2.68 bits per heavy atom. The lowest BCUT2D eigenvalue weighted by molar-refractivity contribution is -0.124. The van der Waals surface area contributed by atoms with E-state index in [4.69, 9.17) is 4.74 Å². The summed E-state index contributed by atoms with van der Waals surface area (Å²) in [6, 6.07) is 12.4. The fraction of sp³-hybridized carbons (Fsp3) is 0.389. The van der Waals surface area contributed by atoms with Crippen molar-refractivity contribution in [2.45, 2.75) is 13.5 Å². The first kappa shape index (κ1) is 16.3. The molecule has 0 unspecified atom stereocenters. The molecule has 0 aromatic heterocycles. The summed E-state index contributed by atoms with van der Waals surface area (Å²) < 4.78 is 5.52. The molecular weight excluding hydrogens is 276 g/mol. The molecule has 1 N–H and O–H groups in total. The lowest BCUT2D eigenvalue weighted by Crippen LogP contribution is -2.34. The average Bonchev–Trinajstić information content (AvgIpc) is 2.54. The Balaban J connectivity index is 2.24. The van der Waals surface area contributed by atoms with E-state index in [0.717, 1.165) is 17.9 Å². The highest BCUT2D eigenvalue weighted by atomic mass is 16.5. The zero-order valence-electron chi connectivity index (χ0n) is 13.7. The minimum atomic E-state index is -0.0454. The Kier molecular flexibility index (Phi) is 5.39. The number of nitrogens with zero attached hydrogens (tertiary/aromatic N) is 1. The second-order valence-electron chi connectivity index (χ2n) is 5.68. The Labute approximate surface area is 132 Å². The van der Waals surface area contributed by atoms with Crippen LogP contribution in [0.25, 0.3) is 10.8 Å². The molecular formula is C18H24N2O2. The maximum atomic E-state index is 11.7. The molecule has 0 aliphatic carbocycles. The van der Waals surface area contributed by atoms with Crippen molar-refractivity contribution in [1.29, 1.82) is 0 Å². The van der Waals surface area contributed by atoms with Crippen molar-refractivity contribution in [2.75, 3.05) is 27.7 Å². The Morgan fingerprint density at radius 1 is 1.27 bits per heavy atom. The average molecular weight is 300 g/mol. The number of benzene rings is 2. The molecule has 0 radical (unpaired) electrons. The molecule has 0 heterocycles. The van der Waals surface area contributed by atoms with Crippen LogP contribution in [0.3, 0.4) is 0 Å². The number of carbonyl (C=O) groups is 1. The van der Waals surface area contributed by atoms with E-state index in [1.807, 2.05) is 32.2 Å². The van der Waals surface area contributed by atoms with Gasteiger partial charge in [0.05, 0.1) is 7.11 Å². The summed E-state index contributed by atoms with van der Waals surface area (Å²) in [6.45, 7) is 3.38. The molecule has 0 spiro atoms. The van der Waals surface area contributed by atoms with Gasteiger partial charge in [0.25, 0.3) is 0 Å². The Bertz CT molecular complexity index is 655. The van der Waals surface area contributed by atoms with Gasteiger partial charge in [-0.25, -0.2) is 0 Å². The monoisotopic (exact) mass is 300 g/mol. The van der Waals surface area contributed by atoms with Gasteiger partial charge in [0, 0.05) is 31.6 Å². The van der Waals surface area contributed by atoms with E-state index in [9.17, 15) is 4.79 Å². The second-order valence-corrected chi connectivity index (χ2v) is 5.68. The van der Waals surface area contributed by atoms with Gasteiger partial charge in [0.15, 0.2) is 0 Å². The maximum absolute atomic E-state index is 11.7. The largest absolute Gasteiger partial charge is 0.496 e. The fourth-order valence-corrected chi connectivity index (χ4v) is 2.80. The number of methoxy groups -OCH3 is 1. The number of amides is 1. The molecule has 2 rings (SSSR count). The lowest BCUT2D eigenvalue weighted by Gasteiger charge is -2.22. The molecule has 0 saturated heterocycles. The van der Waals surface area contributed by atoms with Crippen molar-refractivity contribution in [3.63, 3.8) is 0 Å². The van der Waals surface area contributed by atoms with Crippen LogP contribution in [-0.2, 0) is 11.3 Å². The van der Waals surface area contributed by atoms with Crippen LogP contribution < -0.4 is 10.1 Å². The molecule has 0 aliphatic heterocycles. The zero-order valence-corrected chi connectivity index (χ0v) is 13.7. The molecule has 0 bridgehead atoms. The quantitative estimate of drug-likeness (QED) is 0.892. The van der Waals surface area contributed by atoms with Crippen molar-refractivity contribution < 1.29 is 9.53 Å². The SMILES string of the molecule is CNC(=O)[C@H](C)CN(C)Cc1c(OC)ccc2ccccc12. The van der Waals surface area contributed by atoms with E-state index < -0.39 is 0 Å². The smallest absolute Gasteiger partial charge is 0.223 e. The van der Waals surface area contributed by atoms with E-state index in [-0.39, 0.29) is 11.8 Å².